The molecule has 4 rings (SSSR count). The van der Waals surface area contributed by atoms with Crippen molar-refractivity contribution in [1.29, 1.82) is 0 Å². The quantitative estimate of drug-likeness (QED) is 0.554. The lowest BCUT2D eigenvalue weighted by Gasteiger charge is -2.22. The summed E-state index contributed by atoms with van der Waals surface area (Å²) in [6.07, 6.45) is 1.50. The van der Waals surface area contributed by atoms with Crippen LogP contribution in [0.3, 0.4) is 0 Å². The maximum absolute atomic E-state index is 12.5. The van der Waals surface area contributed by atoms with Gasteiger partial charge in [0.25, 0.3) is 0 Å². The van der Waals surface area contributed by atoms with E-state index in [-0.39, 0.29) is 5.15 Å². The number of pyridine rings is 1. The summed E-state index contributed by atoms with van der Waals surface area (Å²) in [5.74, 6) is 1.39. The zero-order valence-electron chi connectivity index (χ0n) is 16.7. The summed E-state index contributed by atoms with van der Waals surface area (Å²) in [5.41, 5.74) is 2.76. The average Bonchev–Trinajstić information content (AvgIpc) is 3.19. The number of hydrazone groups is 1. The Hall–Kier alpha value is -2.84. The maximum atomic E-state index is 12.5. The van der Waals surface area contributed by atoms with Crippen LogP contribution < -0.4 is 9.47 Å². The molecule has 30 heavy (non-hydrogen) atoms. The Morgan fingerprint density at radius 1 is 1.03 bits per heavy atom. The van der Waals surface area contributed by atoms with Gasteiger partial charge < -0.3 is 9.47 Å². The van der Waals surface area contributed by atoms with Crippen LogP contribution in [0.2, 0.25) is 5.15 Å². The molecule has 0 saturated carbocycles. The van der Waals surface area contributed by atoms with Crippen LogP contribution in [-0.4, -0.2) is 44.0 Å². The van der Waals surface area contributed by atoms with E-state index in [1.54, 1.807) is 20.3 Å². The molecule has 0 amide bonds. The Kier molecular flexibility index (Phi) is 5.29. The SMILES string of the molecule is COc1ccc(C2=NN(S(C)(=O)=O)[C@H](c3cc4cc(OC)ccc4nc3Cl)C2)cc1. The topological polar surface area (TPSA) is 81.1 Å². The summed E-state index contributed by atoms with van der Waals surface area (Å²) in [7, 11) is -0.450. The van der Waals surface area contributed by atoms with Gasteiger partial charge in [-0.25, -0.2) is 13.4 Å². The van der Waals surface area contributed by atoms with Crippen LogP contribution in [0.15, 0.2) is 53.6 Å². The fourth-order valence-corrected chi connectivity index (χ4v) is 4.66. The van der Waals surface area contributed by atoms with Crippen LogP contribution >= 0.6 is 11.6 Å². The number of ether oxygens (including phenoxy) is 2. The first-order valence-corrected chi connectivity index (χ1v) is 11.4. The summed E-state index contributed by atoms with van der Waals surface area (Å²) >= 11 is 6.47. The van der Waals surface area contributed by atoms with Crippen molar-refractivity contribution < 1.29 is 17.9 Å². The highest BCUT2D eigenvalue weighted by Crippen LogP contribution is 2.39. The molecule has 0 N–H and O–H groups in total. The Morgan fingerprint density at radius 3 is 2.33 bits per heavy atom. The van der Waals surface area contributed by atoms with E-state index in [2.05, 4.69) is 10.1 Å². The van der Waals surface area contributed by atoms with Crippen LogP contribution in [-0.2, 0) is 10.0 Å². The lowest BCUT2D eigenvalue weighted by atomic mass is 9.99. The summed E-state index contributed by atoms with van der Waals surface area (Å²) in [5, 5.41) is 5.46. The van der Waals surface area contributed by atoms with E-state index >= 15 is 0 Å². The molecule has 2 aromatic carbocycles. The number of methoxy groups -OCH3 is 2. The third-order valence-electron chi connectivity index (χ3n) is 5.00. The minimum absolute atomic E-state index is 0.248. The van der Waals surface area contributed by atoms with E-state index in [0.717, 1.165) is 21.6 Å². The Morgan fingerprint density at radius 2 is 1.70 bits per heavy atom. The lowest BCUT2D eigenvalue weighted by molar-refractivity contribution is 0.374. The molecule has 3 aromatic rings. The Labute approximate surface area is 179 Å². The van der Waals surface area contributed by atoms with Crippen LogP contribution in [0.5, 0.6) is 11.5 Å². The second kappa shape index (κ2) is 7.77. The third-order valence-corrected chi connectivity index (χ3v) is 6.32. The number of fused-ring (bicyclic) bond motifs is 1. The van der Waals surface area contributed by atoms with Crippen molar-refractivity contribution in [1.82, 2.24) is 9.40 Å². The molecule has 1 aliphatic heterocycles. The molecule has 7 nitrogen and oxygen atoms in total. The monoisotopic (exact) mass is 445 g/mol. The maximum Gasteiger partial charge on any atom is 0.247 e. The minimum atomic E-state index is -3.63. The highest BCUT2D eigenvalue weighted by atomic mass is 35.5. The van der Waals surface area contributed by atoms with Crippen molar-refractivity contribution in [3.8, 4) is 11.5 Å². The largest absolute Gasteiger partial charge is 0.497 e. The molecule has 0 bridgehead atoms. The van der Waals surface area contributed by atoms with Gasteiger partial charge >= 0.3 is 0 Å². The number of hydrogen-bond donors (Lipinski definition) is 0. The zero-order chi connectivity index (χ0) is 21.5. The number of benzene rings is 2. The molecule has 0 fully saturated rings. The second-order valence-electron chi connectivity index (χ2n) is 6.96. The van der Waals surface area contributed by atoms with Crippen LogP contribution in [0.1, 0.15) is 23.6 Å². The molecule has 0 radical (unpaired) electrons. The summed E-state index contributed by atoms with van der Waals surface area (Å²) in [6, 6.07) is 14.0. The van der Waals surface area contributed by atoms with Crippen molar-refractivity contribution in [2.75, 3.05) is 20.5 Å². The van der Waals surface area contributed by atoms with Gasteiger partial charge in [-0.2, -0.15) is 9.52 Å². The van der Waals surface area contributed by atoms with E-state index in [9.17, 15) is 8.42 Å². The van der Waals surface area contributed by atoms with Crippen molar-refractivity contribution in [3.63, 3.8) is 0 Å². The smallest absolute Gasteiger partial charge is 0.247 e. The number of nitrogens with zero attached hydrogens (tertiary/aromatic N) is 3. The first kappa shape index (κ1) is 20.4. The Balaban J connectivity index is 1.78. The van der Waals surface area contributed by atoms with E-state index in [1.807, 2.05) is 42.5 Å². The summed E-state index contributed by atoms with van der Waals surface area (Å²) in [4.78, 5) is 4.45. The second-order valence-corrected chi connectivity index (χ2v) is 9.16. The first-order chi connectivity index (χ1) is 14.3. The van der Waals surface area contributed by atoms with Crippen molar-refractivity contribution in [2.45, 2.75) is 12.5 Å². The molecule has 0 spiro atoms. The number of hydrogen-bond acceptors (Lipinski definition) is 6. The normalized spacial score (nSPS) is 16.6. The number of sulfonamides is 1. The molecule has 1 aliphatic rings. The molecule has 0 aliphatic carbocycles. The lowest BCUT2D eigenvalue weighted by Crippen LogP contribution is -2.26. The van der Waals surface area contributed by atoms with Gasteiger partial charge in [0.1, 0.15) is 16.7 Å². The third kappa shape index (κ3) is 3.80. The molecule has 1 aromatic heterocycles. The molecule has 1 atom stereocenters. The molecular weight excluding hydrogens is 426 g/mol. The highest BCUT2D eigenvalue weighted by Gasteiger charge is 2.36. The van der Waals surface area contributed by atoms with Crippen molar-refractivity contribution in [3.05, 3.63) is 64.8 Å². The van der Waals surface area contributed by atoms with Gasteiger partial charge in [-0.3, -0.25) is 0 Å². The average molecular weight is 446 g/mol. The van der Waals surface area contributed by atoms with Crippen LogP contribution in [0, 0.1) is 0 Å². The number of rotatable bonds is 5. The molecule has 2 heterocycles. The van der Waals surface area contributed by atoms with Crippen LogP contribution in [0.4, 0.5) is 0 Å². The highest BCUT2D eigenvalue weighted by molar-refractivity contribution is 7.88. The predicted molar refractivity (Wildman–Crippen MR) is 117 cm³/mol. The van der Waals surface area contributed by atoms with E-state index in [4.69, 9.17) is 21.1 Å². The van der Waals surface area contributed by atoms with Gasteiger partial charge in [0, 0.05) is 17.4 Å². The standard InChI is InChI=1S/C21H20ClN3O4S/c1-28-15-6-4-13(5-7-15)19-12-20(25(24-19)30(3,26)27)17-11-14-10-16(29-2)8-9-18(14)23-21(17)22/h4-11,20H,12H2,1-3H3/t20-/m0/s1. The molecule has 156 valence electrons. The molecule has 0 saturated heterocycles. The van der Waals surface area contributed by atoms with Crippen molar-refractivity contribution in [2.24, 2.45) is 5.10 Å². The van der Waals surface area contributed by atoms with Gasteiger partial charge in [-0.1, -0.05) is 11.6 Å². The van der Waals surface area contributed by atoms with Gasteiger partial charge in [0.2, 0.25) is 10.0 Å². The van der Waals surface area contributed by atoms with E-state index in [0.29, 0.717) is 34.7 Å². The predicted octanol–water partition coefficient (Wildman–Crippen LogP) is 4.02. The van der Waals surface area contributed by atoms with Gasteiger partial charge in [-0.05, 0) is 54.1 Å². The van der Waals surface area contributed by atoms with E-state index in [1.165, 1.54) is 0 Å². The van der Waals surface area contributed by atoms with Crippen LogP contribution in [0.25, 0.3) is 10.9 Å². The molecule has 0 unspecified atom stereocenters. The molecule has 9 heteroatoms. The minimum Gasteiger partial charge on any atom is -0.497 e. The number of halogens is 1. The Bertz CT molecular complexity index is 1240. The first-order valence-electron chi connectivity index (χ1n) is 9.15. The summed E-state index contributed by atoms with van der Waals surface area (Å²) < 4.78 is 36.6. The van der Waals surface area contributed by atoms with E-state index < -0.39 is 16.1 Å². The zero-order valence-corrected chi connectivity index (χ0v) is 18.2. The fraction of sp³-hybridized carbons (Fsp3) is 0.238. The van der Waals surface area contributed by atoms with Crippen molar-refractivity contribution >= 4 is 38.2 Å². The van der Waals surface area contributed by atoms with Gasteiger partial charge in [0.15, 0.2) is 0 Å². The van der Waals surface area contributed by atoms with Gasteiger partial charge in [-0.15, -0.1) is 0 Å². The fourth-order valence-electron chi connectivity index (χ4n) is 3.49. The van der Waals surface area contributed by atoms with Gasteiger partial charge in [0.05, 0.1) is 37.7 Å². The number of aromatic nitrogens is 1. The summed E-state index contributed by atoms with van der Waals surface area (Å²) in [6.45, 7) is 0. The molecular formula is C21H20ClN3O4S.